The van der Waals surface area contributed by atoms with Gasteiger partial charge in [-0.05, 0) is 6.07 Å². The molecule has 3 heterocycles. The molecule has 0 amide bonds. The van der Waals surface area contributed by atoms with Crippen LogP contribution in [0, 0.1) is 0 Å². The summed E-state index contributed by atoms with van der Waals surface area (Å²) in [6.07, 6.45) is 4.02. The first kappa shape index (κ1) is 8.67. The number of rotatable bonds is 2. The van der Waals surface area contributed by atoms with E-state index in [1.807, 2.05) is 6.20 Å². The zero-order valence-electron chi connectivity index (χ0n) is 8.47. The number of ether oxygens (including phenoxy) is 1. The van der Waals surface area contributed by atoms with E-state index in [1.165, 1.54) is 0 Å². The Morgan fingerprint density at radius 3 is 3.13 bits per heavy atom. The van der Waals surface area contributed by atoms with Crippen molar-refractivity contribution in [1.29, 1.82) is 0 Å². The fraction of sp³-hybridized carbons (Fsp3) is 0.400. The summed E-state index contributed by atoms with van der Waals surface area (Å²) in [7, 11) is 1.75. The lowest BCUT2D eigenvalue weighted by Gasteiger charge is -2.39. The maximum Gasteiger partial charge on any atom is 0.155 e. The molecule has 2 aromatic heterocycles. The van der Waals surface area contributed by atoms with Gasteiger partial charge in [0, 0.05) is 25.6 Å². The Morgan fingerprint density at radius 1 is 1.47 bits per heavy atom. The highest BCUT2D eigenvalue weighted by molar-refractivity contribution is 5.77. The van der Waals surface area contributed by atoms with Crippen LogP contribution >= 0.6 is 0 Å². The minimum Gasteiger partial charge on any atom is -0.378 e. The van der Waals surface area contributed by atoms with Crippen LogP contribution in [0.3, 0.4) is 0 Å². The Morgan fingerprint density at radius 2 is 2.33 bits per heavy atom. The molecule has 0 saturated carbocycles. The van der Waals surface area contributed by atoms with E-state index in [9.17, 15) is 0 Å². The van der Waals surface area contributed by atoms with Crippen molar-refractivity contribution in [2.45, 2.75) is 6.10 Å². The molecular weight excluding hydrogens is 192 g/mol. The van der Waals surface area contributed by atoms with Gasteiger partial charge in [0.05, 0.1) is 24.2 Å². The van der Waals surface area contributed by atoms with Crippen molar-refractivity contribution in [1.82, 2.24) is 15.2 Å². The molecule has 3 rings (SSSR count). The summed E-state index contributed by atoms with van der Waals surface area (Å²) in [6.45, 7) is 1.89. The number of hydrogen-bond acceptors (Lipinski definition) is 4. The van der Waals surface area contributed by atoms with Gasteiger partial charge in [-0.1, -0.05) is 0 Å². The zero-order chi connectivity index (χ0) is 10.3. The summed E-state index contributed by atoms with van der Waals surface area (Å²) in [5.74, 6) is 0. The first-order valence-electron chi connectivity index (χ1n) is 4.93. The fourth-order valence-electron chi connectivity index (χ4n) is 1.80. The molecule has 0 spiro atoms. The van der Waals surface area contributed by atoms with Crippen LogP contribution in [0.25, 0.3) is 11.0 Å². The van der Waals surface area contributed by atoms with Crippen molar-refractivity contribution < 1.29 is 4.74 Å². The highest BCUT2D eigenvalue weighted by Gasteiger charge is 2.26. The lowest BCUT2D eigenvalue weighted by Crippen LogP contribution is -2.51. The minimum absolute atomic E-state index is 0.366. The molecule has 1 aliphatic heterocycles. The second-order valence-corrected chi connectivity index (χ2v) is 3.76. The number of aromatic nitrogens is 3. The van der Waals surface area contributed by atoms with Crippen LogP contribution in [0.1, 0.15) is 0 Å². The van der Waals surface area contributed by atoms with Gasteiger partial charge in [0.1, 0.15) is 0 Å². The Balaban J connectivity index is 1.86. The van der Waals surface area contributed by atoms with E-state index in [1.54, 1.807) is 13.3 Å². The molecule has 5 nitrogen and oxygen atoms in total. The number of fused-ring (bicyclic) bond motifs is 1. The van der Waals surface area contributed by atoms with E-state index in [-0.39, 0.29) is 0 Å². The van der Waals surface area contributed by atoms with Gasteiger partial charge in [-0.3, -0.25) is 5.10 Å². The number of nitrogens with one attached hydrogen (secondary N) is 1. The highest BCUT2D eigenvalue weighted by atomic mass is 16.5. The normalized spacial score (nSPS) is 17.0. The van der Waals surface area contributed by atoms with Crippen molar-refractivity contribution in [3.05, 3.63) is 18.5 Å². The summed E-state index contributed by atoms with van der Waals surface area (Å²) < 4.78 is 5.23. The first-order valence-corrected chi connectivity index (χ1v) is 4.93. The molecular formula is C10H12N4O. The van der Waals surface area contributed by atoms with Gasteiger partial charge in [0.25, 0.3) is 0 Å². The van der Waals surface area contributed by atoms with Gasteiger partial charge in [-0.25, -0.2) is 4.98 Å². The zero-order valence-corrected chi connectivity index (χ0v) is 8.47. The number of anilines is 1. The molecule has 0 aliphatic carbocycles. The third-order valence-electron chi connectivity index (χ3n) is 2.82. The molecule has 1 N–H and O–H groups in total. The van der Waals surface area contributed by atoms with Crippen molar-refractivity contribution in [3.8, 4) is 0 Å². The van der Waals surface area contributed by atoms with E-state index in [0.717, 1.165) is 29.8 Å². The van der Waals surface area contributed by atoms with Gasteiger partial charge in [0.2, 0.25) is 0 Å². The quantitative estimate of drug-likeness (QED) is 0.786. The molecule has 1 fully saturated rings. The Hall–Kier alpha value is -1.62. The molecule has 2 aromatic rings. The van der Waals surface area contributed by atoms with Gasteiger partial charge in [-0.2, -0.15) is 5.10 Å². The highest BCUT2D eigenvalue weighted by Crippen LogP contribution is 2.23. The van der Waals surface area contributed by atoms with Crippen molar-refractivity contribution >= 4 is 16.7 Å². The summed E-state index contributed by atoms with van der Waals surface area (Å²) in [6, 6.07) is 2.09. The fourth-order valence-corrected chi connectivity index (χ4v) is 1.80. The van der Waals surface area contributed by atoms with Gasteiger partial charge >= 0.3 is 0 Å². The minimum atomic E-state index is 0.366. The molecule has 78 valence electrons. The third-order valence-corrected chi connectivity index (χ3v) is 2.82. The van der Waals surface area contributed by atoms with E-state index in [4.69, 9.17) is 4.74 Å². The predicted octanol–water partition coefficient (Wildman–Crippen LogP) is 0.793. The van der Waals surface area contributed by atoms with Crippen molar-refractivity contribution in [2.75, 3.05) is 25.1 Å². The summed E-state index contributed by atoms with van der Waals surface area (Å²) in [4.78, 5) is 6.54. The second kappa shape index (κ2) is 3.20. The number of aromatic amines is 1. The topological polar surface area (TPSA) is 54.0 Å². The standard InChI is InChI=1S/C10H12N4O/c1-15-9-5-14(6-9)8-2-7-3-12-13-10(7)11-4-8/h2-4,9H,5-6H2,1H3,(H,11,12,13). The number of nitrogens with zero attached hydrogens (tertiary/aromatic N) is 3. The SMILES string of the molecule is COC1CN(c2cnc3[nH]ncc3c2)C1. The van der Waals surface area contributed by atoms with Gasteiger partial charge < -0.3 is 9.64 Å². The number of methoxy groups -OCH3 is 1. The first-order chi connectivity index (χ1) is 7.36. The van der Waals surface area contributed by atoms with Crippen LogP contribution in [0.15, 0.2) is 18.5 Å². The van der Waals surface area contributed by atoms with Crippen molar-refractivity contribution in [2.24, 2.45) is 0 Å². The predicted molar refractivity (Wildman–Crippen MR) is 56.9 cm³/mol. The Bertz CT molecular complexity index is 475. The lowest BCUT2D eigenvalue weighted by molar-refractivity contribution is 0.0787. The van der Waals surface area contributed by atoms with Crippen LogP contribution < -0.4 is 4.90 Å². The Labute approximate surface area is 87.1 Å². The summed E-state index contributed by atoms with van der Waals surface area (Å²) in [5, 5.41) is 7.83. The molecule has 5 heteroatoms. The van der Waals surface area contributed by atoms with Crippen LogP contribution in [0.4, 0.5) is 5.69 Å². The molecule has 0 aromatic carbocycles. The number of hydrogen-bond donors (Lipinski definition) is 1. The van der Waals surface area contributed by atoms with Crippen LogP contribution in [0.2, 0.25) is 0 Å². The molecule has 1 saturated heterocycles. The number of H-pyrrole nitrogens is 1. The van der Waals surface area contributed by atoms with Crippen LogP contribution in [-0.4, -0.2) is 41.5 Å². The van der Waals surface area contributed by atoms with Gasteiger partial charge in [0.15, 0.2) is 5.65 Å². The molecule has 1 aliphatic rings. The molecule has 0 atom stereocenters. The maximum atomic E-state index is 5.23. The van der Waals surface area contributed by atoms with Crippen LogP contribution in [0.5, 0.6) is 0 Å². The summed E-state index contributed by atoms with van der Waals surface area (Å²) >= 11 is 0. The average molecular weight is 204 g/mol. The molecule has 0 radical (unpaired) electrons. The monoisotopic (exact) mass is 204 g/mol. The smallest absolute Gasteiger partial charge is 0.155 e. The van der Waals surface area contributed by atoms with Crippen molar-refractivity contribution in [3.63, 3.8) is 0 Å². The summed E-state index contributed by atoms with van der Waals surface area (Å²) in [5.41, 5.74) is 1.97. The van der Waals surface area contributed by atoms with E-state index in [2.05, 4.69) is 26.1 Å². The molecule has 15 heavy (non-hydrogen) atoms. The maximum absolute atomic E-state index is 5.23. The number of pyridine rings is 1. The van der Waals surface area contributed by atoms with E-state index < -0.39 is 0 Å². The molecule has 0 bridgehead atoms. The van der Waals surface area contributed by atoms with E-state index >= 15 is 0 Å². The van der Waals surface area contributed by atoms with E-state index in [0.29, 0.717) is 6.10 Å². The second-order valence-electron chi connectivity index (χ2n) is 3.76. The van der Waals surface area contributed by atoms with Crippen LogP contribution in [-0.2, 0) is 4.74 Å². The average Bonchev–Trinajstić information content (AvgIpc) is 2.63. The Kier molecular flexibility index (Phi) is 1.85. The lowest BCUT2D eigenvalue weighted by atomic mass is 10.1. The largest absolute Gasteiger partial charge is 0.378 e. The third kappa shape index (κ3) is 1.35. The molecule has 0 unspecified atom stereocenters. The van der Waals surface area contributed by atoms with Gasteiger partial charge in [-0.15, -0.1) is 0 Å².